The highest BCUT2D eigenvalue weighted by Gasteiger charge is 2.25. The minimum absolute atomic E-state index is 0.117. The van der Waals surface area contributed by atoms with Crippen molar-refractivity contribution in [3.8, 4) is 0 Å². The molecule has 1 saturated heterocycles. The van der Waals surface area contributed by atoms with Gasteiger partial charge in [-0.05, 0) is 33.6 Å². The van der Waals surface area contributed by atoms with Crippen LogP contribution in [0.2, 0.25) is 0 Å². The van der Waals surface area contributed by atoms with E-state index in [1.54, 1.807) is 0 Å². The Morgan fingerprint density at radius 1 is 1.47 bits per heavy atom. The van der Waals surface area contributed by atoms with Gasteiger partial charge in [0.2, 0.25) is 0 Å². The van der Waals surface area contributed by atoms with Gasteiger partial charge in [-0.2, -0.15) is 0 Å². The van der Waals surface area contributed by atoms with E-state index in [9.17, 15) is 4.79 Å². The van der Waals surface area contributed by atoms with Gasteiger partial charge in [-0.3, -0.25) is 4.79 Å². The number of rotatable bonds is 6. The molecule has 1 N–H and O–H groups in total. The number of ether oxygens (including phenoxy) is 2. The summed E-state index contributed by atoms with van der Waals surface area (Å²) in [6.45, 7) is 9.10. The molecule has 1 rings (SSSR count). The average Bonchev–Trinajstić information content (AvgIpc) is 2.71. The van der Waals surface area contributed by atoms with Crippen LogP contribution in [0.25, 0.3) is 0 Å². The normalized spacial score (nSPS) is 27.8. The zero-order valence-corrected chi connectivity index (χ0v) is 11.4. The Kier molecular flexibility index (Phi) is 5.92. The van der Waals surface area contributed by atoms with E-state index >= 15 is 0 Å². The SMILES string of the molecule is CCOC(=O)[C@H](C)[C@H](C)NC[C@H]1CC[C@H](C)O1. The molecule has 0 aliphatic carbocycles. The molecule has 100 valence electrons. The molecule has 1 fully saturated rings. The quantitative estimate of drug-likeness (QED) is 0.722. The van der Waals surface area contributed by atoms with Gasteiger partial charge < -0.3 is 14.8 Å². The number of carbonyl (C=O) groups is 1. The summed E-state index contributed by atoms with van der Waals surface area (Å²) >= 11 is 0. The van der Waals surface area contributed by atoms with Crippen molar-refractivity contribution in [1.29, 1.82) is 0 Å². The van der Waals surface area contributed by atoms with E-state index in [4.69, 9.17) is 9.47 Å². The fourth-order valence-electron chi connectivity index (χ4n) is 2.01. The van der Waals surface area contributed by atoms with E-state index < -0.39 is 0 Å². The second kappa shape index (κ2) is 6.97. The van der Waals surface area contributed by atoms with E-state index in [-0.39, 0.29) is 17.9 Å². The first-order valence-electron chi connectivity index (χ1n) is 6.60. The lowest BCUT2D eigenvalue weighted by atomic mass is 10.0. The molecule has 4 atom stereocenters. The van der Waals surface area contributed by atoms with Crippen molar-refractivity contribution in [3.63, 3.8) is 0 Å². The molecule has 4 nitrogen and oxygen atoms in total. The third-order valence-electron chi connectivity index (χ3n) is 3.40. The van der Waals surface area contributed by atoms with Crippen LogP contribution in [0.15, 0.2) is 0 Å². The number of hydrogen-bond donors (Lipinski definition) is 1. The van der Waals surface area contributed by atoms with Crippen molar-refractivity contribution in [2.75, 3.05) is 13.2 Å². The van der Waals surface area contributed by atoms with E-state index in [1.807, 2.05) is 20.8 Å². The summed E-state index contributed by atoms with van der Waals surface area (Å²) in [7, 11) is 0. The summed E-state index contributed by atoms with van der Waals surface area (Å²) < 4.78 is 10.7. The molecule has 1 aliphatic heterocycles. The highest BCUT2D eigenvalue weighted by atomic mass is 16.5. The van der Waals surface area contributed by atoms with Gasteiger partial charge in [0.25, 0.3) is 0 Å². The van der Waals surface area contributed by atoms with Crippen molar-refractivity contribution in [3.05, 3.63) is 0 Å². The Morgan fingerprint density at radius 2 is 2.18 bits per heavy atom. The van der Waals surface area contributed by atoms with Gasteiger partial charge in [0.1, 0.15) is 0 Å². The topological polar surface area (TPSA) is 47.6 Å². The first kappa shape index (κ1) is 14.5. The highest BCUT2D eigenvalue weighted by molar-refractivity contribution is 5.72. The van der Waals surface area contributed by atoms with Gasteiger partial charge in [0, 0.05) is 12.6 Å². The maximum atomic E-state index is 11.5. The van der Waals surface area contributed by atoms with Crippen LogP contribution in [0.4, 0.5) is 0 Å². The molecule has 0 aromatic heterocycles. The zero-order chi connectivity index (χ0) is 12.8. The van der Waals surface area contributed by atoms with Crippen LogP contribution in [0, 0.1) is 5.92 Å². The first-order chi connectivity index (χ1) is 8.04. The number of nitrogens with one attached hydrogen (secondary N) is 1. The summed E-state index contributed by atoms with van der Waals surface area (Å²) in [5.74, 6) is -0.248. The van der Waals surface area contributed by atoms with Gasteiger partial charge in [-0.15, -0.1) is 0 Å². The van der Waals surface area contributed by atoms with Crippen LogP contribution in [0.5, 0.6) is 0 Å². The second-order valence-electron chi connectivity index (χ2n) is 4.88. The van der Waals surface area contributed by atoms with Gasteiger partial charge in [0.05, 0.1) is 24.7 Å². The fourth-order valence-corrected chi connectivity index (χ4v) is 2.01. The lowest BCUT2D eigenvalue weighted by molar-refractivity contribution is -0.148. The largest absolute Gasteiger partial charge is 0.466 e. The smallest absolute Gasteiger partial charge is 0.310 e. The highest BCUT2D eigenvalue weighted by Crippen LogP contribution is 2.18. The molecular weight excluding hydrogens is 218 g/mol. The maximum Gasteiger partial charge on any atom is 0.310 e. The van der Waals surface area contributed by atoms with Gasteiger partial charge >= 0.3 is 5.97 Å². The molecule has 0 aromatic carbocycles. The third-order valence-corrected chi connectivity index (χ3v) is 3.40. The van der Waals surface area contributed by atoms with Crippen LogP contribution >= 0.6 is 0 Å². The number of esters is 1. The van der Waals surface area contributed by atoms with Gasteiger partial charge in [-0.25, -0.2) is 0 Å². The Morgan fingerprint density at radius 3 is 2.71 bits per heavy atom. The zero-order valence-electron chi connectivity index (χ0n) is 11.4. The Balaban J connectivity index is 2.24. The van der Waals surface area contributed by atoms with Gasteiger partial charge in [-0.1, -0.05) is 6.92 Å². The van der Waals surface area contributed by atoms with E-state index in [2.05, 4.69) is 12.2 Å². The summed E-state index contributed by atoms with van der Waals surface area (Å²) in [5.41, 5.74) is 0. The monoisotopic (exact) mass is 243 g/mol. The first-order valence-corrected chi connectivity index (χ1v) is 6.60. The summed E-state index contributed by atoms with van der Waals surface area (Å²) in [6, 6.07) is 0.119. The molecule has 0 aromatic rings. The third kappa shape index (κ3) is 4.64. The molecule has 0 radical (unpaired) electrons. The van der Waals surface area contributed by atoms with E-state index in [0.29, 0.717) is 18.8 Å². The standard InChI is InChI=1S/C13H25NO3/c1-5-16-13(15)10(3)11(4)14-8-12-7-6-9(2)17-12/h9-12,14H,5-8H2,1-4H3/t9-,10+,11-,12+/m0/s1. The average molecular weight is 243 g/mol. The minimum Gasteiger partial charge on any atom is -0.466 e. The lowest BCUT2D eigenvalue weighted by Crippen LogP contribution is -2.40. The molecule has 0 spiro atoms. The van der Waals surface area contributed by atoms with Crippen molar-refractivity contribution in [2.45, 2.75) is 58.8 Å². The molecule has 0 saturated carbocycles. The van der Waals surface area contributed by atoms with Crippen LogP contribution in [-0.2, 0) is 14.3 Å². The summed E-state index contributed by atoms with van der Waals surface area (Å²) in [5, 5.41) is 3.36. The van der Waals surface area contributed by atoms with Crippen molar-refractivity contribution in [1.82, 2.24) is 5.32 Å². The summed E-state index contributed by atoms with van der Waals surface area (Å²) in [6.07, 6.45) is 2.91. The molecule has 1 heterocycles. The fraction of sp³-hybridized carbons (Fsp3) is 0.923. The van der Waals surface area contributed by atoms with Crippen molar-refractivity contribution < 1.29 is 14.3 Å². The molecule has 0 unspecified atom stereocenters. The minimum atomic E-state index is -0.131. The van der Waals surface area contributed by atoms with E-state index in [0.717, 1.165) is 19.4 Å². The summed E-state index contributed by atoms with van der Waals surface area (Å²) in [4.78, 5) is 11.5. The van der Waals surface area contributed by atoms with Crippen molar-refractivity contribution >= 4 is 5.97 Å². The molecule has 0 bridgehead atoms. The predicted molar refractivity (Wildman–Crippen MR) is 66.8 cm³/mol. The molecular formula is C13H25NO3. The molecule has 1 aliphatic rings. The Labute approximate surface area is 104 Å². The number of carbonyl (C=O) groups excluding carboxylic acids is 1. The second-order valence-corrected chi connectivity index (χ2v) is 4.88. The van der Waals surface area contributed by atoms with Crippen molar-refractivity contribution in [2.24, 2.45) is 5.92 Å². The van der Waals surface area contributed by atoms with Crippen LogP contribution in [-0.4, -0.2) is 37.4 Å². The van der Waals surface area contributed by atoms with Crippen LogP contribution in [0.3, 0.4) is 0 Å². The molecule has 0 amide bonds. The Hall–Kier alpha value is -0.610. The van der Waals surface area contributed by atoms with E-state index in [1.165, 1.54) is 0 Å². The van der Waals surface area contributed by atoms with Gasteiger partial charge in [0.15, 0.2) is 0 Å². The Bertz CT molecular complexity index is 245. The maximum absolute atomic E-state index is 11.5. The number of hydrogen-bond acceptors (Lipinski definition) is 4. The molecule has 17 heavy (non-hydrogen) atoms. The van der Waals surface area contributed by atoms with Crippen LogP contribution in [0.1, 0.15) is 40.5 Å². The molecule has 4 heteroatoms. The predicted octanol–water partition coefficient (Wildman–Crippen LogP) is 1.73. The van der Waals surface area contributed by atoms with Crippen LogP contribution < -0.4 is 5.32 Å². The lowest BCUT2D eigenvalue weighted by Gasteiger charge is -2.21.